The molecule has 1 atom stereocenters. The molecule has 0 aliphatic heterocycles. The molecule has 0 aromatic heterocycles. The lowest BCUT2D eigenvalue weighted by Crippen LogP contribution is -2.41. The minimum absolute atomic E-state index is 0. The van der Waals surface area contributed by atoms with Gasteiger partial charge < -0.3 is 5.73 Å². The van der Waals surface area contributed by atoms with Crippen LogP contribution in [0.4, 0.5) is 5.69 Å². The summed E-state index contributed by atoms with van der Waals surface area (Å²) < 4.78 is 26.7. The second-order valence-electron chi connectivity index (χ2n) is 4.55. The highest BCUT2D eigenvalue weighted by atomic mass is 35.5. The van der Waals surface area contributed by atoms with Gasteiger partial charge in [0.2, 0.25) is 10.0 Å². The van der Waals surface area contributed by atoms with Crippen molar-refractivity contribution >= 4 is 28.1 Å². The fraction of sp³-hybridized carbons (Fsp3) is 0.455. The van der Waals surface area contributed by atoms with Crippen molar-refractivity contribution in [1.29, 1.82) is 0 Å². The Morgan fingerprint density at radius 1 is 1.35 bits per heavy atom. The third kappa shape index (κ3) is 3.89. The summed E-state index contributed by atoms with van der Waals surface area (Å²) in [5.41, 5.74) is 5.40. The number of benzene rings is 1. The molecular formula is C11H16ClN3O4S. The molecule has 0 radical (unpaired) electrons. The molecule has 0 amide bonds. The fourth-order valence-corrected chi connectivity index (χ4v) is 3.17. The van der Waals surface area contributed by atoms with E-state index in [2.05, 4.69) is 4.72 Å². The molecular weight excluding hydrogens is 306 g/mol. The Labute approximate surface area is 123 Å². The van der Waals surface area contributed by atoms with E-state index < -0.39 is 14.9 Å². The maximum Gasteiger partial charge on any atom is 0.269 e. The topological polar surface area (TPSA) is 115 Å². The molecule has 7 nitrogen and oxygen atoms in total. The molecule has 3 N–H and O–H groups in total. The van der Waals surface area contributed by atoms with Crippen LogP contribution in [-0.2, 0) is 10.0 Å². The molecule has 1 aliphatic carbocycles. The molecule has 1 unspecified atom stereocenters. The SMILES string of the molecule is Cl.NCC(NS(=O)(=O)c1ccc([N+](=O)[O-])cc1)C1CC1. The third-order valence-electron chi connectivity index (χ3n) is 3.11. The number of nitrogens with one attached hydrogen (secondary N) is 1. The van der Waals surface area contributed by atoms with Gasteiger partial charge in [-0.25, -0.2) is 13.1 Å². The van der Waals surface area contributed by atoms with Gasteiger partial charge in [0.25, 0.3) is 5.69 Å². The number of halogens is 1. The molecule has 1 saturated carbocycles. The molecule has 112 valence electrons. The van der Waals surface area contributed by atoms with Crippen molar-refractivity contribution in [1.82, 2.24) is 4.72 Å². The second kappa shape index (κ2) is 6.49. The second-order valence-corrected chi connectivity index (χ2v) is 6.27. The van der Waals surface area contributed by atoms with E-state index in [1.165, 1.54) is 24.3 Å². The van der Waals surface area contributed by atoms with Crippen molar-refractivity contribution in [2.75, 3.05) is 6.54 Å². The van der Waals surface area contributed by atoms with Crippen LogP contribution in [0.15, 0.2) is 29.2 Å². The number of sulfonamides is 1. The maximum atomic E-state index is 12.1. The Balaban J connectivity index is 0.00000200. The average molecular weight is 322 g/mol. The van der Waals surface area contributed by atoms with Crippen LogP contribution in [0.2, 0.25) is 0 Å². The Morgan fingerprint density at radius 3 is 2.30 bits per heavy atom. The number of nitro groups is 1. The van der Waals surface area contributed by atoms with E-state index in [9.17, 15) is 18.5 Å². The Bertz CT molecular complexity index is 572. The summed E-state index contributed by atoms with van der Waals surface area (Å²) in [6.07, 6.45) is 1.95. The molecule has 1 fully saturated rings. The summed E-state index contributed by atoms with van der Waals surface area (Å²) in [4.78, 5) is 9.95. The largest absolute Gasteiger partial charge is 0.329 e. The third-order valence-corrected chi connectivity index (χ3v) is 4.62. The van der Waals surface area contributed by atoms with Crippen LogP contribution in [-0.4, -0.2) is 25.9 Å². The quantitative estimate of drug-likeness (QED) is 0.599. The molecule has 1 aromatic rings. The summed E-state index contributed by atoms with van der Waals surface area (Å²) in [7, 11) is -3.67. The minimum Gasteiger partial charge on any atom is -0.329 e. The summed E-state index contributed by atoms with van der Waals surface area (Å²) in [5, 5.41) is 10.5. The van der Waals surface area contributed by atoms with Gasteiger partial charge in [-0.15, -0.1) is 12.4 Å². The normalized spacial score (nSPS) is 16.2. The summed E-state index contributed by atoms with van der Waals surface area (Å²) in [6.45, 7) is 0.247. The Morgan fingerprint density at radius 2 is 1.90 bits per heavy atom. The molecule has 0 spiro atoms. The first-order valence-electron chi connectivity index (χ1n) is 5.91. The van der Waals surface area contributed by atoms with E-state index in [4.69, 9.17) is 5.73 Å². The standard InChI is InChI=1S/C11H15N3O4S.ClH/c12-7-11(8-1-2-8)13-19(17,18)10-5-3-9(4-6-10)14(15)16;/h3-6,8,11,13H,1-2,7,12H2;1H. The zero-order valence-electron chi connectivity index (χ0n) is 10.6. The van der Waals surface area contributed by atoms with Gasteiger partial charge in [-0.2, -0.15) is 0 Å². The van der Waals surface area contributed by atoms with Crippen LogP contribution >= 0.6 is 12.4 Å². The van der Waals surface area contributed by atoms with Crippen molar-refractivity contribution in [3.8, 4) is 0 Å². The minimum atomic E-state index is -3.67. The zero-order chi connectivity index (χ0) is 14.0. The Kier molecular flexibility index (Phi) is 5.46. The number of hydrogen-bond donors (Lipinski definition) is 2. The molecule has 9 heteroatoms. The van der Waals surface area contributed by atoms with E-state index in [0.717, 1.165) is 12.8 Å². The molecule has 1 aromatic carbocycles. The van der Waals surface area contributed by atoms with Gasteiger partial charge in [-0.3, -0.25) is 10.1 Å². The summed E-state index contributed by atoms with van der Waals surface area (Å²) in [6, 6.07) is 4.52. The van der Waals surface area contributed by atoms with Gasteiger partial charge in [0, 0.05) is 24.7 Å². The van der Waals surface area contributed by atoms with Crippen LogP contribution in [0, 0.1) is 16.0 Å². The number of hydrogen-bond acceptors (Lipinski definition) is 5. The lowest BCUT2D eigenvalue weighted by molar-refractivity contribution is -0.384. The molecule has 20 heavy (non-hydrogen) atoms. The van der Waals surface area contributed by atoms with Gasteiger partial charge in [-0.05, 0) is 30.9 Å². The number of non-ortho nitro benzene ring substituents is 1. The van der Waals surface area contributed by atoms with Crippen molar-refractivity contribution in [3.05, 3.63) is 34.4 Å². The molecule has 0 heterocycles. The van der Waals surface area contributed by atoms with Crippen LogP contribution in [0.25, 0.3) is 0 Å². The first kappa shape index (κ1) is 16.8. The lowest BCUT2D eigenvalue weighted by Gasteiger charge is -2.16. The monoisotopic (exact) mass is 321 g/mol. The molecule has 0 bridgehead atoms. The van der Waals surface area contributed by atoms with Gasteiger partial charge in [-0.1, -0.05) is 0 Å². The number of nitro benzene ring substituents is 1. The molecule has 0 saturated heterocycles. The maximum absolute atomic E-state index is 12.1. The summed E-state index contributed by atoms with van der Waals surface area (Å²) in [5.74, 6) is 0.304. The van der Waals surface area contributed by atoms with E-state index >= 15 is 0 Å². The zero-order valence-corrected chi connectivity index (χ0v) is 12.2. The van der Waals surface area contributed by atoms with Gasteiger partial charge >= 0.3 is 0 Å². The van der Waals surface area contributed by atoms with Crippen molar-refractivity contribution in [2.45, 2.75) is 23.8 Å². The Hall–Kier alpha value is -1.22. The first-order valence-corrected chi connectivity index (χ1v) is 7.39. The van der Waals surface area contributed by atoms with Crippen LogP contribution in [0.3, 0.4) is 0 Å². The predicted octanol–water partition coefficient (Wildman–Crippen LogP) is 1.03. The lowest BCUT2D eigenvalue weighted by atomic mass is 10.2. The average Bonchev–Trinajstić information content (AvgIpc) is 3.20. The number of rotatable bonds is 6. The molecule has 2 rings (SSSR count). The highest BCUT2D eigenvalue weighted by molar-refractivity contribution is 7.89. The highest BCUT2D eigenvalue weighted by Crippen LogP contribution is 2.32. The molecule has 1 aliphatic rings. The van der Waals surface area contributed by atoms with E-state index in [0.29, 0.717) is 5.92 Å². The van der Waals surface area contributed by atoms with Crippen LogP contribution in [0.5, 0.6) is 0 Å². The van der Waals surface area contributed by atoms with Crippen LogP contribution in [0.1, 0.15) is 12.8 Å². The smallest absolute Gasteiger partial charge is 0.269 e. The van der Waals surface area contributed by atoms with E-state index in [1.54, 1.807) is 0 Å². The van der Waals surface area contributed by atoms with Gasteiger partial charge in [0.05, 0.1) is 9.82 Å². The first-order chi connectivity index (χ1) is 8.94. The van der Waals surface area contributed by atoms with Gasteiger partial charge in [0.1, 0.15) is 0 Å². The van der Waals surface area contributed by atoms with E-state index in [1.807, 2.05) is 0 Å². The van der Waals surface area contributed by atoms with Crippen molar-refractivity contribution in [2.24, 2.45) is 11.7 Å². The van der Waals surface area contributed by atoms with Gasteiger partial charge in [0.15, 0.2) is 0 Å². The fourth-order valence-electron chi connectivity index (χ4n) is 1.85. The predicted molar refractivity (Wildman–Crippen MR) is 76.2 cm³/mol. The highest BCUT2D eigenvalue weighted by Gasteiger charge is 2.33. The number of nitrogens with two attached hydrogens (primary N) is 1. The van der Waals surface area contributed by atoms with Crippen molar-refractivity contribution in [3.63, 3.8) is 0 Å². The van der Waals surface area contributed by atoms with Crippen molar-refractivity contribution < 1.29 is 13.3 Å². The van der Waals surface area contributed by atoms with Crippen LogP contribution < -0.4 is 10.5 Å². The number of nitrogens with zero attached hydrogens (tertiary/aromatic N) is 1. The van der Waals surface area contributed by atoms with E-state index in [-0.39, 0.29) is 35.6 Å². The summed E-state index contributed by atoms with van der Waals surface area (Å²) >= 11 is 0.